The minimum absolute atomic E-state index is 0.0375. The number of halogens is 1. The van der Waals surface area contributed by atoms with Crippen LogP contribution in [0.2, 0.25) is 0 Å². The van der Waals surface area contributed by atoms with Crippen molar-refractivity contribution in [3.05, 3.63) is 47.9 Å². The number of pyridine rings is 2. The number of carbonyl (C=O) groups excluding carboxylic acids is 1. The van der Waals surface area contributed by atoms with Crippen LogP contribution in [0.1, 0.15) is 49.4 Å². The van der Waals surface area contributed by atoms with Crippen molar-refractivity contribution < 1.29 is 9.18 Å². The highest BCUT2D eigenvalue weighted by Gasteiger charge is 2.24. The molecule has 0 aliphatic heterocycles. The predicted octanol–water partition coefficient (Wildman–Crippen LogP) is 4.12. The minimum atomic E-state index is -0.774. The highest BCUT2D eigenvalue weighted by Crippen LogP contribution is 2.29. The number of primary amides is 1. The molecule has 4 rings (SSSR count). The molecule has 8 nitrogen and oxygen atoms in total. The Labute approximate surface area is 192 Å². The van der Waals surface area contributed by atoms with Crippen molar-refractivity contribution in [2.24, 2.45) is 11.5 Å². The van der Waals surface area contributed by atoms with Gasteiger partial charge < -0.3 is 27.4 Å². The molecular formula is C24H30FN7O. The number of fused-ring (bicyclic) bond motifs is 1. The van der Waals surface area contributed by atoms with Gasteiger partial charge in [-0.2, -0.15) is 0 Å². The topological polar surface area (TPSA) is 131 Å². The van der Waals surface area contributed by atoms with E-state index in [1.54, 1.807) is 6.20 Å². The van der Waals surface area contributed by atoms with Crippen LogP contribution < -0.4 is 27.4 Å². The maximum absolute atomic E-state index is 14.7. The summed E-state index contributed by atoms with van der Waals surface area (Å²) in [4.78, 5) is 20.9. The third-order valence-corrected chi connectivity index (χ3v) is 5.92. The van der Waals surface area contributed by atoms with Crippen LogP contribution in [-0.2, 0) is 0 Å². The van der Waals surface area contributed by atoms with E-state index in [0.717, 1.165) is 61.3 Å². The Morgan fingerprint density at radius 2 is 2.03 bits per heavy atom. The molecule has 0 saturated heterocycles. The molecule has 1 saturated carbocycles. The Bertz CT molecular complexity index is 1150. The van der Waals surface area contributed by atoms with Crippen LogP contribution >= 0.6 is 0 Å². The summed E-state index contributed by atoms with van der Waals surface area (Å²) in [6.45, 7) is 2.95. The molecule has 0 spiro atoms. The van der Waals surface area contributed by atoms with Gasteiger partial charge in [0.25, 0.3) is 5.91 Å². The molecule has 0 bridgehead atoms. The van der Waals surface area contributed by atoms with E-state index in [2.05, 4.69) is 32.8 Å². The second-order valence-corrected chi connectivity index (χ2v) is 8.43. The fourth-order valence-electron chi connectivity index (χ4n) is 4.16. The first kappa shape index (κ1) is 22.7. The molecule has 0 unspecified atom stereocenters. The largest absolute Gasteiger partial charge is 0.383 e. The lowest BCUT2D eigenvalue weighted by Gasteiger charge is -2.30. The summed E-state index contributed by atoms with van der Waals surface area (Å²) < 4.78 is 14.7. The van der Waals surface area contributed by atoms with Gasteiger partial charge in [-0.15, -0.1) is 0 Å². The van der Waals surface area contributed by atoms with Crippen molar-refractivity contribution in [3.63, 3.8) is 0 Å². The third kappa shape index (κ3) is 5.14. The monoisotopic (exact) mass is 451 g/mol. The molecular weight excluding hydrogens is 421 g/mol. The van der Waals surface area contributed by atoms with Crippen molar-refractivity contribution in [2.45, 2.75) is 51.1 Å². The van der Waals surface area contributed by atoms with Gasteiger partial charge in [0, 0.05) is 24.0 Å². The van der Waals surface area contributed by atoms with E-state index in [1.807, 2.05) is 24.3 Å². The molecule has 1 aromatic carbocycles. The number of nitrogens with zero attached hydrogens (tertiary/aromatic N) is 2. The Hall–Kier alpha value is -3.46. The molecule has 1 amide bonds. The van der Waals surface area contributed by atoms with Crippen LogP contribution in [0.4, 0.5) is 27.4 Å². The van der Waals surface area contributed by atoms with Crippen molar-refractivity contribution in [3.8, 4) is 0 Å². The van der Waals surface area contributed by atoms with Gasteiger partial charge in [-0.1, -0.05) is 31.9 Å². The maximum atomic E-state index is 14.7. The Balaban J connectivity index is 1.64. The van der Waals surface area contributed by atoms with Crippen molar-refractivity contribution >= 4 is 39.8 Å². The number of nitrogens with one attached hydrogen (secondary N) is 3. The molecule has 2 aromatic heterocycles. The Morgan fingerprint density at radius 1 is 1.21 bits per heavy atom. The number of nitrogens with two attached hydrogens (primary N) is 2. The maximum Gasteiger partial charge on any atom is 0.252 e. The minimum Gasteiger partial charge on any atom is -0.383 e. The van der Waals surface area contributed by atoms with Crippen LogP contribution in [0.25, 0.3) is 10.9 Å². The summed E-state index contributed by atoms with van der Waals surface area (Å²) in [7, 11) is 0. The van der Waals surface area contributed by atoms with Gasteiger partial charge in [-0.05, 0) is 37.5 Å². The van der Waals surface area contributed by atoms with E-state index >= 15 is 0 Å². The number of aromatic nitrogens is 2. The van der Waals surface area contributed by atoms with Gasteiger partial charge in [0.05, 0.1) is 28.7 Å². The fourth-order valence-corrected chi connectivity index (χ4v) is 4.16. The molecule has 0 radical (unpaired) electrons. The van der Waals surface area contributed by atoms with Gasteiger partial charge in [0.1, 0.15) is 5.82 Å². The number of hydrogen-bond acceptors (Lipinski definition) is 7. The lowest BCUT2D eigenvalue weighted by atomic mass is 9.91. The standard InChI is InChI=1S/C24H30FN7O/c1-2-10-28-20-9-5-6-14-11-15(13-29-21(14)20)30-23-16(22(27)33)12-17(25)24(32-23)31-19-8-4-3-7-18(19)26/h5-6,9,11-13,18-19,28H,2-4,7-8,10,26H2,1H3,(H2,27,33)(H2,30,31,32)/t18-,19+/m0/s1. The summed E-state index contributed by atoms with van der Waals surface area (Å²) >= 11 is 0. The summed E-state index contributed by atoms with van der Waals surface area (Å²) in [6, 6.07) is 8.74. The van der Waals surface area contributed by atoms with Gasteiger partial charge in [-0.3, -0.25) is 9.78 Å². The van der Waals surface area contributed by atoms with Crippen LogP contribution in [-0.4, -0.2) is 34.5 Å². The van der Waals surface area contributed by atoms with Gasteiger partial charge in [0.15, 0.2) is 11.6 Å². The highest BCUT2D eigenvalue weighted by atomic mass is 19.1. The third-order valence-electron chi connectivity index (χ3n) is 5.92. The second kappa shape index (κ2) is 9.99. The normalized spacial score (nSPS) is 18.2. The average Bonchev–Trinajstić information content (AvgIpc) is 2.80. The van der Waals surface area contributed by atoms with E-state index < -0.39 is 11.7 Å². The zero-order valence-electron chi connectivity index (χ0n) is 18.7. The molecule has 1 aliphatic carbocycles. The average molecular weight is 452 g/mol. The first-order valence-corrected chi connectivity index (χ1v) is 11.4. The summed E-state index contributed by atoms with van der Waals surface area (Å²) in [5.74, 6) is -1.21. The van der Waals surface area contributed by atoms with Crippen LogP contribution in [0.5, 0.6) is 0 Å². The summed E-state index contributed by atoms with van der Waals surface area (Å²) in [5, 5.41) is 10.5. The number of rotatable bonds is 8. The molecule has 174 valence electrons. The molecule has 2 heterocycles. The van der Waals surface area contributed by atoms with E-state index in [4.69, 9.17) is 11.5 Å². The number of amides is 1. The number of hydrogen-bond donors (Lipinski definition) is 5. The first-order chi connectivity index (χ1) is 16.0. The predicted molar refractivity (Wildman–Crippen MR) is 130 cm³/mol. The molecule has 33 heavy (non-hydrogen) atoms. The van der Waals surface area contributed by atoms with Gasteiger partial charge in [-0.25, -0.2) is 9.37 Å². The van der Waals surface area contributed by atoms with Gasteiger partial charge in [0.2, 0.25) is 0 Å². The molecule has 1 fully saturated rings. The van der Waals surface area contributed by atoms with Crippen LogP contribution in [0.15, 0.2) is 36.5 Å². The lowest BCUT2D eigenvalue weighted by molar-refractivity contribution is 0.100. The lowest BCUT2D eigenvalue weighted by Crippen LogP contribution is -2.43. The molecule has 7 N–H and O–H groups in total. The quantitative estimate of drug-likeness (QED) is 0.348. The smallest absolute Gasteiger partial charge is 0.252 e. The molecule has 2 atom stereocenters. The van der Waals surface area contributed by atoms with Crippen molar-refractivity contribution in [1.82, 2.24) is 9.97 Å². The summed E-state index contributed by atoms with van der Waals surface area (Å²) in [5.41, 5.74) is 14.1. The zero-order chi connectivity index (χ0) is 23.4. The SMILES string of the molecule is CCCNc1cccc2cc(Nc3nc(N[C@@H]4CCCC[C@@H]4N)c(F)cc3C(N)=O)cnc12. The van der Waals surface area contributed by atoms with E-state index in [-0.39, 0.29) is 29.3 Å². The fraction of sp³-hybridized carbons (Fsp3) is 0.375. The van der Waals surface area contributed by atoms with Crippen molar-refractivity contribution in [2.75, 3.05) is 22.5 Å². The molecule has 3 aromatic rings. The number of benzene rings is 1. The van der Waals surface area contributed by atoms with Crippen LogP contribution in [0, 0.1) is 5.82 Å². The molecule has 1 aliphatic rings. The Morgan fingerprint density at radius 3 is 2.79 bits per heavy atom. The number of para-hydroxylation sites is 1. The Kier molecular flexibility index (Phi) is 6.88. The van der Waals surface area contributed by atoms with E-state index in [0.29, 0.717) is 5.69 Å². The van der Waals surface area contributed by atoms with E-state index in [1.165, 1.54) is 0 Å². The molecule has 9 heteroatoms. The van der Waals surface area contributed by atoms with E-state index in [9.17, 15) is 9.18 Å². The number of carbonyl (C=O) groups is 1. The van der Waals surface area contributed by atoms with Crippen LogP contribution in [0.3, 0.4) is 0 Å². The number of anilines is 4. The zero-order valence-corrected chi connectivity index (χ0v) is 18.7. The highest BCUT2D eigenvalue weighted by molar-refractivity contribution is 5.99. The van der Waals surface area contributed by atoms with Gasteiger partial charge >= 0.3 is 0 Å². The first-order valence-electron chi connectivity index (χ1n) is 11.4. The summed E-state index contributed by atoms with van der Waals surface area (Å²) in [6.07, 6.45) is 6.46. The van der Waals surface area contributed by atoms with Crippen molar-refractivity contribution in [1.29, 1.82) is 0 Å². The second-order valence-electron chi connectivity index (χ2n) is 8.43.